The maximum absolute atomic E-state index is 12.7. The van der Waals surface area contributed by atoms with E-state index in [1.165, 1.54) is 12.1 Å². The van der Waals surface area contributed by atoms with Gasteiger partial charge in [-0.25, -0.2) is 9.48 Å². The van der Waals surface area contributed by atoms with E-state index in [2.05, 4.69) is 10.3 Å². The summed E-state index contributed by atoms with van der Waals surface area (Å²) in [6.45, 7) is 3.44. The number of rotatable bonds is 3. The summed E-state index contributed by atoms with van der Waals surface area (Å²) < 4.78 is 39.3. The van der Waals surface area contributed by atoms with Crippen molar-refractivity contribution >= 4 is 5.97 Å². The molecule has 1 aromatic carbocycles. The number of halogens is 3. The van der Waals surface area contributed by atoms with Crippen LogP contribution in [-0.2, 0) is 6.18 Å². The van der Waals surface area contributed by atoms with Crippen LogP contribution in [0.4, 0.5) is 13.2 Å². The second-order valence-corrected chi connectivity index (χ2v) is 4.74. The van der Waals surface area contributed by atoms with Gasteiger partial charge in [0.25, 0.3) is 0 Å². The van der Waals surface area contributed by atoms with E-state index >= 15 is 0 Å². The molecule has 0 saturated carbocycles. The molecule has 0 saturated heterocycles. The maximum Gasteiger partial charge on any atom is 0.416 e. The third-order valence-electron chi connectivity index (χ3n) is 2.87. The van der Waals surface area contributed by atoms with Crippen molar-refractivity contribution in [3.8, 4) is 5.69 Å². The summed E-state index contributed by atoms with van der Waals surface area (Å²) in [5.41, 5.74) is -0.722. The standard InChI is InChI=1S/C13H12F3N3O2/c1-7(2)11-10(12(20)21)17-18-19(11)9-5-3-4-8(6-9)13(14,15)16/h3-7H,1-2H3,(H,20,21). The zero-order chi connectivity index (χ0) is 15.8. The van der Waals surface area contributed by atoms with Gasteiger partial charge in [-0.3, -0.25) is 0 Å². The Morgan fingerprint density at radius 1 is 1.33 bits per heavy atom. The number of carbonyl (C=O) groups is 1. The predicted molar refractivity (Wildman–Crippen MR) is 67.4 cm³/mol. The monoisotopic (exact) mass is 299 g/mol. The minimum absolute atomic E-state index is 0.119. The van der Waals surface area contributed by atoms with Crippen LogP contribution in [-0.4, -0.2) is 26.1 Å². The van der Waals surface area contributed by atoms with Gasteiger partial charge in [0.2, 0.25) is 0 Å². The molecular weight excluding hydrogens is 287 g/mol. The lowest BCUT2D eigenvalue weighted by Crippen LogP contribution is -2.10. The molecule has 21 heavy (non-hydrogen) atoms. The molecule has 0 amide bonds. The molecule has 0 aliphatic rings. The highest BCUT2D eigenvalue weighted by molar-refractivity contribution is 5.86. The van der Waals surface area contributed by atoms with E-state index in [0.29, 0.717) is 0 Å². The largest absolute Gasteiger partial charge is 0.476 e. The first-order chi connectivity index (χ1) is 9.71. The molecule has 0 fully saturated rings. The summed E-state index contributed by atoms with van der Waals surface area (Å²) in [6.07, 6.45) is -4.48. The van der Waals surface area contributed by atoms with Crippen LogP contribution in [0.3, 0.4) is 0 Å². The summed E-state index contributed by atoms with van der Waals surface area (Å²) in [4.78, 5) is 11.1. The van der Waals surface area contributed by atoms with E-state index in [4.69, 9.17) is 5.11 Å². The van der Waals surface area contributed by atoms with Crippen molar-refractivity contribution in [2.75, 3.05) is 0 Å². The molecule has 0 bridgehead atoms. The Morgan fingerprint density at radius 2 is 2.00 bits per heavy atom. The zero-order valence-corrected chi connectivity index (χ0v) is 11.2. The number of carboxylic acid groups (broad SMARTS) is 1. The molecule has 0 aliphatic carbocycles. The van der Waals surface area contributed by atoms with Crippen molar-refractivity contribution in [2.24, 2.45) is 0 Å². The molecule has 1 aromatic heterocycles. The number of benzene rings is 1. The highest BCUT2D eigenvalue weighted by Gasteiger charge is 2.31. The fourth-order valence-electron chi connectivity index (χ4n) is 1.96. The summed E-state index contributed by atoms with van der Waals surface area (Å²) in [7, 11) is 0. The molecule has 1 N–H and O–H groups in total. The van der Waals surface area contributed by atoms with Gasteiger partial charge >= 0.3 is 12.1 Å². The average molecular weight is 299 g/mol. The topological polar surface area (TPSA) is 68.0 Å². The molecule has 2 aromatic rings. The third-order valence-corrected chi connectivity index (χ3v) is 2.87. The predicted octanol–water partition coefficient (Wildman–Crippen LogP) is 3.11. The number of aromatic carboxylic acids is 1. The van der Waals surface area contributed by atoms with E-state index < -0.39 is 17.7 Å². The van der Waals surface area contributed by atoms with Crippen molar-refractivity contribution in [1.82, 2.24) is 15.0 Å². The summed E-state index contributed by atoms with van der Waals surface area (Å²) in [6, 6.07) is 4.51. The number of nitrogens with zero attached hydrogens (tertiary/aromatic N) is 3. The normalized spacial score (nSPS) is 11.9. The Hall–Kier alpha value is -2.38. The fraction of sp³-hybridized carbons (Fsp3) is 0.308. The van der Waals surface area contributed by atoms with Crippen molar-refractivity contribution in [1.29, 1.82) is 0 Å². The van der Waals surface area contributed by atoms with Crippen molar-refractivity contribution in [3.63, 3.8) is 0 Å². The molecule has 1 heterocycles. The third kappa shape index (κ3) is 2.88. The Bertz CT molecular complexity index is 678. The first-order valence-corrected chi connectivity index (χ1v) is 6.08. The van der Waals surface area contributed by atoms with Crippen molar-refractivity contribution < 1.29 is 23.1 Å². The molecule has 5 nitrogen and oxygen atoms in total. The first kappa shape index (κ1) is 15.0. The van der Waals surface area contributed by atoms with Gasteiger partial charge in [-0.05, 0) is 24.1 Å². The lowest BCUT2D eigenvalue weighted by molar-refractivity contribution is -0.137. The van der Waals surface area contributed by atoms with Crippen LogP contribution in [0, 0.1) is 0 Å². The number of hydrogen-bond acceptors (Lipinski definition) is 3. The van der Waals surface area contributed by atoms with Gasteiger partial charge in [0.1, 0.15) is 0 Å². The molecule has 112 valence electrons. The van der Waals surface area contributed by atoms with Crippen LogP contribution in [0.5, 0.6) is 0 Å². The highest BCUT2D eigenvalue weighted by atomic mass is 19.4. The van der Waals surface area contributed by atoms with Gasteiger partial charge in [0.05, 0.1) is 16.9 Å². The van der Waals surface area contributed by atoms with Gasteiger partial charge in [0.15, 0.2) is 5.69 Å². The Balaban J connectivity index is 2.60. The van der Waals surface area contributed by atoms with E-state index in [-0.39, 0.29) is 23.0 Å². The Kier molecular flexibility index (Phi) is 3.71. The maximum atomic E-state index is 12.7. The smallest absolute Gasteiger partial charge is 0.416 e. The average Bonchev–Trinajstić information content (AvgIpc) is 2.82. The van der Waals surface area contributed by atoms with Gasteiger partial charge in [-0.15, -0.1) is 5.10 Å². The van der Waals surface area contributed by atoms with Crippen LogP contribution in [0.15, 0.2) is 24.3 Å². The number of alkyl halides is 3. The van der Waals surface area contributed by atoms with E-state index in [0.717, 1.165) is 16.8 Å². The lowest BCUT2D eigenvalue weighted by atomic mass is 10.1. The molecule has 0 radical (unpaired) electrons. The Morgan fingerprint density at radius 3 is 2.52 bits per heavy atom. The van der Waals surface area contributed by atoms with Crippen LogP contribution in [0.25, 0.3) is 5.69 Å². The lowest BCUT2D eigenvalue weighted by Gasteiger charge is -2.12. The van der Waals surface area contributed by atoms with E-state index in [1.54, 1.807) is 13.8 Å². The van der Waals surface area contributed by atoms with E-state index in [9.17, 15) is 18.0 Å². The molecule has 8 heteroatoms. The van der Waals surface area contributed by atoms with Crippen molar-refractivity contribution in [3.05, 3.63) is 41.2 Å². The zero-order valence-electron chi connectivity index (χ0n) is 11.2. The van der Waals surface area contributed by atoms with Gasteiger partial charge in [0, 0.05) is 0 Å². The number of carboxylic acids is 1. The van der Waals surface area contributed by atoms with Crippen LogP contribution in [0.1, 0.15) is 41.5 Å². The summed E-state index contributed by atoms with van der Waals surface area (Å²) >= 11 is 0. The van der Waals surface area contributed by atoms with Gasteiger partial charge in [-0.1, -0.05) is 25.1 Å². The summed E-state index contributed by atoms with van der Waals surface area (Å²) in [5.74, 6) is -1.53. The van der Waals surface area contributed by atoms with Crippen LogP contribution >= 0.6 is 0 Å². The van der Waals surface area contributed by atoms with Gasteiger partial charge < -0.3 is 5.11 Å². The van der Waals surface area contributed by atoms with Crippen LogP contribution < -0.4 is 0 Å². The second kappa shape index (κ2) is 5.19. The van der Waals surface area contributed by atoms with Crippen molar-refractivity contribution in [2.45, 2.75) is 25.9 Å². The fourth-order valence-corrected chi connectivity index (χ4v) is 1.96. The highest BCUT2D eigenvalue weighted by Crippen LogP contribution is 2.31. The number of hydrogen-bond donors (Lipinski definition) is 1. The minimum Gasteiger partial charge on any atom is -0.476 e. The number of aromatic nitrogens is 3. The Labute approximate surface area is 118 Å². The SMILES string of the molecule is CC(C)c1c(C(=O)O)nnn1-c1cccc(C(F)(F)F)c1. The second-order valence-electron chi connectivity index (χ2n) is 4.74. The first-order valence-electron chi connectivity index (χ1n) is 6.08. The van der Waals surface area contributed by atoms with E-state index in [1.807, 2.05) is 0 Å². The molecule has 0 spiro atoms. The van der Waals surface area contributed by atoms with Crippen LogP contribution in [0.2, 0.25) is 0 Å². The summed E-state index contributed by atoms with van der Waals surface area (Å²) in [5, 5.41) is 16.3. The molecule has 0 aliphatic heterocycles. The quantitative estimate of drug-likeness (QED) is 0.945. The van der Waals surface area contributed by atoms with Gasteiger partial charge in [-0.2, -0.15) is 13.2 Å². The minimum atomic E-state index is -4.48. The molecule has 0 atom stereocenters. The molecule has 0 unspecified atom stereocenters. The molecular formula is C13H12F3N3O2. The molecule has 2 rings (SSSR count).